The van der Waals surface area contributed by atoms with Crippen molar-refractivity contribution in [2.24, 2.45) is 5.92 Å². The van der Waals surface area contributed by atoms with E-state index in [1.807, 2.05) is 6.08 Å². The maximum atomic E-state index is 9.08. The Balaban J connectivity index is 2.62. The molecule has 0 saturated carbocycles. The second-order valence-corrected chi connectivity index (χ2v) is 2.48. The fraction of sp³-hybridized carbons (Fsp3) is 0.500. The van der Waals surface area contributed by atoms with E-state index >= 15 is 0 Å². The van der Waals surface area contributed by atoms with Crippen LogP contribution in [-0.4, -0.2) is 5.11 Å². The molecule has 1 unspecified atom stereocenters. The Bertz CT molecular complexity index is 145. The molecule has 9 heavy (non-hydrogen) atoms. The molecule has 0 spiro atoms. The van der Waals surface area contributed by atoms with Crippen molar-refractivity contribution in [2.45, 2.75) is 19.8 Å². The van der Waals surface area contributed by atoms with E-state index in [0.29, 0.717) is 11.7 Å². The Hall–Kier alpha value is -0.720. The summed E-state index contributed by atoms with van der Waals surface area (Å²) in [4.78, 5) is 0. The lowest BCUT2D eigenvalue weighted by molar-refractivity contribution is 0.386. The van der Waals surface area contributed by atoms with Crippen molar-refractivity contribution in [1.29, 1.82) is 0 Å². The number of hydrogen-bond donors (Lipinski definition) is 1. The quantitative estimate of drug-likeness (QED) is 0.492. The Labute approximate surface area is 55.7 Å². The summed E-state index contributed by atoms with van der Waals surface area (Å²) >= 11 is 0. The zero-order chi connectivity index (χ0) is 6.69. The summed E-state index contributed by atoms with van der Waals surface area (Å²) in [6.45, 7) is 2.07. The van der Waals surface area contributed by atoms with Crippen LogP contribution in [0.1, 0.15) is 19.8 Å². The first kappa shape index (κ1) is 6.40. The molecular formula is C8H12O. The highest BCUT2D eigenvalue weighted by Gasteiger charge is 1.99. The molecule has 1 aliphatic carbocycles. The van der Waals surface area contributed by atoms with Gasteiger partial charge in [0.05, 0.1) is 5.76 Å². The van der Waals surface area contributed by atoms with Gasteiger partial charge in [-0.2, -0.15) is 0 Å². The van der Waals surface area contributed by atoms with Gasteiger partial charge in [0.1, 0.15) is 0 Å². The van der Waals surface area contributed by atoms with E-state index in [-0.39, 0.29) is 0 Å². The van der Waals surface area contributed by atoms with Crippen LogP contribution < -0.4 is 0 Å². The maximum Gasteiger partial charge on any atom is 0.0891 e. The molecule has 0 heterocycles. The normalized spacial score (nSPS) is 27.2. The van der Waals surface area contributed by atoms with Crippen LogP contribution in [0.2, 0.25) is 0 Å². The highest BCUT2D eigenvalue weighted by molar-refractivity contribution is 5.06. The molecule has 1 N–H and O–H groups in total. The number of allylic oxidation sites excluding steroid dienone is 4. The summed E-state index contributed by atoms with van der Waals surface area (Å²) in [6, 6.07) is 0. The molecular weight excluding hydrogens is 112 g/mol. The van der Waals surface area contributed by atoms with Gasteiger partial charge in [-0.25, -0.2) is 0 Å². The minimum Gasteiger partial charge on any atom is -0.513 e. The molecule has 1 nitrogen and oxygen atoms in total. The van der Waals surface area contributed by atoms with Crippen molar-refractivity contribution in [3.8, 4) is 0 Å². The van der Waals surface area contributed by atoms with Crippen molar-refractivity contribution in [1.82, 2.24) is 0 Å². The van der Waals surface area contributed by atoms with Crippen molar-refractivity contribution in [3.63, 3.8) is 0 Å². The maximum absolute atomic E-state index is 9.08. The van der Waals surface area contributed by atoms with E-state index in [4.69, 9.17) is 5.11 Å². The predicted octanol–water partition coefficient (Wildman–Crippen LogP) is 2.41. The van der Waals surface area contributed by atoms with Gasteiger partial charge < -0.3 is 5.11 Å². The first-order valence-electron chi connectivity index (χ1n) is 3.35. The van der Waals surface area contributed by atoms with Crippen LogP contribution in [0.3, 0.4) is 0 Å². The SMILES string of the molecule is CC1C=CCCC(O)=C1. The first-order chi connectivity index (χ1) is 4.29. The lowest BCUT2D eigenvalue weighted by Crippen LogP contribution is -1.83. The lowest BCUT2D eigenvalue weighted by atomic mass is 10.1. The highest BCUT2D eigenvalue weighted by Crippen LogP contribution is 2.12. The van der Waals surface area contributed by atoms with E-state index in [2.05, 4.69) is 19.1 Å². The summed E-state index contributed by atoms with van der Waals surface area (Å²) < 4.78 is 0. The zero-order valence-corrected chi connectivity index (χ0v) is 5.67. The van der Waals surface area contributed by atoms with Gasteiger partial charge in [0, 0.05) is 6.42 Å². The van der Waals surface area contributed by atoms with Crippen LogP contribution in [0.25, 0.3) is 0 Å². The second-order valence-electron chi connectivity index (χ2n) is 2.48. The van der Waals surface area contributed by atoms with Gasteiger partial charge in [-0.05, 0) is 18.4 Å². The fourth-order valence-electron chi connectivity index (χ4n) is 0.984. The standard InChI is InChI=1S/C8H12O/c1-7-4-2-3-5-8(9)6-7/h2,4,6-7,9H,3,5H2,1H3. The van der Waals surface area contributed by atoms with Gasteiger partial charge in [0.15, 0.2) is 0 Å². The number of hydrogen-bond acceptors (Lipinski definition) is 1. The molecule has 0 bridgehead atoms. The molecule has 0 fully saturated rings. The van der Waals surface area contributed by atoms with Crippen molar-refractivity contribution in [3.05, 3.63) is 24.0 Å². The highest BCUT2D eigenvalue weighted by atomic mass is 16.3. The Morgan fingerprint density at radius 1 is 1.67 bits per heavy atom. The zero-order valence-electron chi connectivity index (χ0n) is 5.67. The monoisotopic (exact) mass is 124 g/mol. The number of rotatable bonds is 0. The van der Waals surface area contributed by atoms with Crippen LogP contribution >= 0.6 is 0 Å². The third kappa shape index (κ3) is 1.92. The van der Waals surface area contributed by atoms with Gasteiger partial charge in [0.25, 0.3) is 0 Å². The summed E-state index contributed by atoms with van der Waals surface area (Å²) in [7, 11) is 0. The molecule has 0 aromatic heterocycles. The minimum atomic E-state index is 0.410. The predicted molar refractivity (Wildman–Crippen MR) is 38.2 cm³/mol. The molecule has 0 aromatic carbocycles. The van der Waals surface area contributed by atoms with E-state index < -0.39 is 0 Å². The summed E-state index contributed by atoms with van der Waals surface area (Å²) in [6.07, 6.45) is 7.91. The van der Waals surface area contributed by atoms with Gasteiger partial charge in [-0.3, -0.25) is 0 Å². The molecule has 1 rings (SSSR count). The molecule has 0 amide bonds. The van der Waals surface area contributed by atoms with Crippen LogP contribution in [0.5, 0.6) is 0 Å². The third-order valence-corrected chi connectivity index (χ3v) is 1.46. The lowest BCUT2D eigenvalue weighted by Gasteiger charge is -1.95. The molecule has 0 aliphatic heterocycles. The van der Waals surface area contributed by atoms with Crippen LogP contribution in [0.4, 0.5) is 0 Å². The summed E-state index contributed by atoms with van der Waals surface area (Å²) in [5, 5.41) is 9.08. The van der Waals surface area contributed by atoms with E-state index in [9.17, 15) is 0 Å². The van der Waals surface area contributed by atoms with E-state index in [1.54, 1.807) is 0 Å². The molecule has 50 valence electrons. The molecule has 0 aromatic rings. The van der Waals surface area contributed by atoms with Gasteiger partial charge in [0.2, 0.25) is 0 Å². The molecule has 1 heteroatoms. The Morgan fingerprint density at radius 2 is 2.44 bits per heavy atom. The molecule has 1 aliphatic rings. The number of aliphatic hydroxyl groups excluding tert-OH is 1. The third-order valence-electron chi connectivity index (χ3n) is 1.46. The van der Waals surface area contributed by atoms with Gasteiger partial charge >= 0.3 is 0 Å². The van der Waals surface area contributed by atoms with Gasteiger partial charge in [-0.1, -0.05) is 19.1 Å². The fourth-order valence-corrected chi connectivity index (χ4v) is 0.984. The van der Waals surface area contributed by atoms with Crippen molar-refractivity contribution < 1.29 is 5.11 Å². The largest absolute Gasteiger partial charge is 0.513 e. The average molecular weight is 124 g/mol. The Kier molecular flexibility index (Phi) is 1.93. The molecule has 1 atom stereocenters. The second kappa shape index (κ2) is 2.72. The van der Waals surface area contributed by atoms with Gasteiger partial charge in [-0.15, -0.1) is 0 Å². The van der Waals surface area contributed by atoms with Crippen LogP contribution in [0.15, 0.2) is 24.0 Å². The summed E-state index contributed by atoms with van der Waals surface area (Å²) in [5.74, 6) is 0.944. The smallest absolute Gasteiger partial charge is 0.0891 e. The molecule has 0 radical (unpaired) electrons. The van der Waals surface area contributed by atoms with E-state index in [1.165, 1.54) is 0 Å². The molecule has 0 saturated heterocycles. The van der Waals surface area contributed by atoms with Crippen molar-refractivity contribution in [2.75, 3.05) is 0 Å². The van der Waals surface area contributed by atoms with Crippen molar-refractivity contribution >= 4 is 0 Å². The minimum absolute atomic E-state index is 0.410. The summed E-state index contributed by atoms with van der Waals surface area (Å²) in [5.41, 5.74) is 0. The topological polar surface area (TPSA) is 20.2 Å². The Morgan fingerprint density at radius 3 is 3.22 bits per heavy atom. The van der Waals surface area contributed by atoms with Crippen LogP contribution in [0, 0.1) is 5.92 Å². The van der Waals surface area contributed by atoms with E-state index in [0.717, 1.165) is 12.8 Å². The first-order valence-corrected chi connectivity index (χ1v) is 3.35. The van der Waals surface area contributed by atoms with Crippen LogP contribution in [-0.2, 0) is 0 Å². The number of aliphatic hydroxyl groups is 1. The average Bonchev–Trinajstić information content (AvgIpc) is 1.93.